The molecule has 2 aromatic carbocycles. The maximum atomic E-state index is 16.2. The summed E-state index contributed by atoms with van der Waals surface area (Å²) in [6.45, 7) is -1.29. The van der Waals surface area contributed by atoms with Crippen molar-refractivity contribution >= 4 is 5.91 Å². The Balaban J connectivity index is 1.71. The molecule has 1 fully saturated rings. The van der Waals surface area contributed by atoms with Crippen molar-refractivity contribution in [1.82, 2.24) is 10.2 Å². The van der Waals surface area contributed by atoms with Gasteiger partial charge in [0.1, 0.15) is 12.1 Å². The fraction of sp³-hybridized carbons (Fsp3) is 0.348. The largest absolute Gasteiger partial charge is 0.406 e. The smallest absolute Gasteiger partial charge is 0.349 e. The van der Waals surface area contributed by atoms with E-state index in [1.54, 1.807) is 48.5 Å². The molecule has 1 N–H and O–H groups in total. The van der Waals surface area contributed by atoms with E-state index in [-0.39, 0.29) is 31.2 Å². The van der Waals surface area contributed by atoms with Crippen LogP contribution in [0.4, 0.5) is 17.6 Å². The molecular weight excluding hydrogens is 428 g/mol. The minimum absolute atomic E-state index is 0.104. The number of ether oxygens (including phenoxy) is 2. The van der Waals surface area contributed by atoms with Gasteiger partial charge in [-0.2, -0.15) is 17.6 Å². The Labute approximate surface area is 182 Å². The van der Waals surface area contributed by atoms with Crippen molar-refractivity contribution in [2.75, 3.05) is 19.7 Å². The molecule has 170 valence electrons. The Morgan fingerprint density at radius 1 is 1.09 bits per heavy atom. The third-order valence-corrected chi connectivity index (χ3v) is 5.48. The van der Waals surface area contributed by atoms with Gasteiger partial charge in [-0.15, -0.1) is 0 Å². The highest BCUT2D eigenvalue weighted by atomic mass is 19.4. The van der Waals surface area contributed by atoms with Crippen LogP contribution in [0.25, 0.3) is 0 Å². The lowest BCUT2D eigenvalue weighted by atomic mass is 9.98. The highest BCUT2D eigenvalue weighted by Crippen LogP contribution is 2.46. The summed E-state index contributed by atoms with van der Waals surface area (Å²) in [6, 6.07) is 10.3. The SMILES string of the molecule is O=C1C=C(CN2C(C(F)(F)F)CO[C@@](F)(OCc3ccccc3)[C@@H]2c2ccccc2)CN1. The van der Waals surface area contributed by atoms with Crippen molar-refractivity contribution < 1.29 is 31.8 Å². The average Bonchev–Trinajstić information content (AvgIpc) is 3.17. The van der Waals surface area contributed by atoms with E-state index >= 15 is 4.39 Å². The second-order valence-electron chi connectivity index (χ2n) is 7.73. The van der Waals surface area contributed by atoms with Gasteiger partial charge in [-0.05, 0) is 16.7 Å². The zero-order valence-corrected chi connectivity index (χ0v) is 17.0. The molecule has 2 aromatic rings. The maximum Gasteiger partial charge on any atom is 0.406 e. The number of benzene rings is 2. The van der Waals surface area contributed by atoms with Crippen LogP contribution in [-0.4, -0.2) is 48.8 Å². The lowest BCUT2D eigenvalue weighted by molar-refractivity contribution is -0.394. The highest BCUT2D eigenvalue weighted by molar-refractivity contribution is 5.91. The van der Waals surface area contributed by atoms with E-state index in [1.807, 2.05) is 0 Å². The Hall–Kier alpha value is -2.75. The van der Waals surface area contributed by atoms with Crippen LogP contribution in [-0.2, 0) is 20.9 Å². The molecule has 0 aromatic heterocycles. The Morgan fingerprint density at radius 3 is 2.34 bits per heavy atom. The molecule has 9 heteroatoms. The van der Waals surface area contributed by atoms with E-state index in [0.717, 1.165) is 4.90 Å². The number of rotatable bonds is 6. The van der Waals surface area contributed by atoms with Crippen LogP contribution >= 0.6 is 0 Å². The lowest BCUT2D eigenvalue weighted by Gasteiger charge is -2.48. The monoisotopic (exact) mass is 450 g/mol. The summed E-state index contributed by atoms with van der Waals surface area (Å²) < 4.78 is 68.7. The van der Waals surface area contributed by atoms with Crippen LogP contribution < -0.4 is 5.32 Å². The number of morpholine rings is 1. The summed E-state index contributed by atoms with van der Waals surface area (Å²) in [5, 5.41) is 2.54. The Bertz CT molecular complexity index is 968. The van der Waals surface area contributed by atoms with Gasteiger partial charge >= 0.3 is 12.2 Å². The predicted octanol–water partition coefficient (Wildman–Crippen LogP) is 3.89. The van der Waals surface area contributed by atoms with Gasteiger partial charge < -0.3 is 14.8 Å². The third-order valence-electron chi connectivity index (χ3n) is 5.48. The van der Waals surface area contributed by atoms with Crippen LogP contribution in [0, 0.1) is 0 Å². The van der Waals surface area contributed by atoms with Gasteiger partial charge in [0.2, 0.25) is 5.91 Å². The molecule has 0 saturated carbocycles. The minimum atomic E-state index is -4.68. The summed E-state index contributed by atoms with van der Waals surface area (Å²) in [4.78, 5) is 12.5. The lowest BCUT2D eigenvalue weighted by Crippen LogP contribution is -2.62. The summed E-state index contributed by atoms with van der Waals surface area (Å²) in [5.74, 6) is -0.389. The molecule has 1 unspecified atom stereocenters. The Morgan fingerprint density at radius 2 is 1.75 bits per heavy atom. The number of nitrogens with zero attached hydrogens (tertiary/aromatic N) is 1. The molecule has 4 rings (SSSR count). The van der Waals surface area contributed by atoms with Crippen LogP contribution in [0.2, 0.25) is 0 Å². The second kappa shape index (κ2) is 9.01. The fourth-order valence-corrected chi connectivity index (χ4v) is 3.96. The van der Waals surface area contributed by atoms with Crippen LogP contribution in [0.5, 0.6) is 0 Å². The van der Waals surface area contributed by atoms with E-state index in [0.29, 0.717) is 11.1 Å². The molecule has 0 aliphatic carbocycles. The first kappa shape index (κ1) is 22.4. The van der Waals surface area contributed by atoms with E-state index in [9.17, 15) is 18.0 Å². The zero-order chi connectivity index (χ0) is 22.8. The number of halogens is 4. The van der Waals surface area contributed by atoms with Crippen molar-refractivity contribution in [1.29, 1.82) is 0 Å². The summed E-state index contributed by atoms with van der Waals surface area (Å²) in [5.41, 5.74) is 1.35. The number of carbonyl (C=O) groups is 1. The minimum Gasteiger partial charge on any atom is -0.349 e. The molecule has 0 spiro atoms. The molecule has 32 heavy (non-hydrogen) atoms. The van der Waals surface area contributed by atoms with E-state index in [2.05, 4.69) is 5.32 Å². The van der Waals surface area contributed by atoms with Crippen molar-refractivity contribution in [3.8, 4) is 0 Å². The highest BCUT2D eigenvalue weighted by Gasteiger charge is 2.58. The zero-order valence-electron chi connectivity index (χ0n) is 17.0. The molecule has 1 saturated heterocycles. The molecule has 2 aliphatic heterocycles. The fourth-order valence-electron chi connectivity index (χ4n) is 3.96. The number of nitrogens with one attached hydrogen (secondary N) is 1. The van der Waals surface area contributed by atoms with Crippen molar-refractivity contribution in [2.45, 2.75) is 30.9 Å². The number of alkyl halides is 4. The van der Waals surface area contributed by atoms with Crippen molar-refractivity contribution in [2.24, 2.45) is 0 Å². The summed E-state index contributed by atoms with van der Waals surface area (Å²) in [6.07, 6.45) is -3.43. The molecule has 2 heterocycles. The Kier molecular flexibility index (Phi) is 6.32. The van der Waals surface area contributed by atoms with Crippen molar-refractivity contribution in [3.63, 3.8) is 0 Å². The molecule has 0 bridgehead atoms. The van der Waals surface area contributed by atoms with Gasteiger partial charge in [0.15, 0.2) is 0 Å². The molecule has 2 aliphatic rings. The first-order chi connectivity index (χ1) is 15.3. The second-order valence-corrected chi connectivity index (χ2v) is 7.73. The van der Waals surface area contributed by atoms with Gasteiger partial charge in [-0.3, -0.25) is 9.69 Å². The molecule has 3 atom stereocenters. The van der Waals surface area contributed by atoms with E-state index in [4.69, 9.17) is 9.47 Å². The van der Waals surface area contributed by atoms with Gasteiger partial charge in [0.25, 0.3) is 0 Å². The maximum absolute atomic E-state index is 16.2. The van der Waals surface area contributed by atoms with Gasteiger partial charge in [-0.1, -0.05) is 60.7 Å². The van der Waals surface area contributed by atoms with Crippen molar-refractivity contribution in [3.05, 3.63) is 83.4 Å². The van der Waals surface area contributed by atoms with Crippen LogP contribution in [0.15, 0.2) is 72.3 Å². The normalized spacial score (nSPS) is 26.6. The molecule has 5 nitrogen and oxygen atoms in total. The first-order valence-electron chi connectivity index (χ1n) is 10.1. The first-order valence-corrected chi connectivity index (χ1v) is 10.1. The average molecular weight is 450 g/mol. The molecule has 0 radical (unpaired) electrons. The molecule has 1 amide bonds. The number of amides is 1. The van der Waals surface area contributed by atoms with Gasteiger partial charge in [-0.25, -0.2) is 0 Å². The summed E-state index contributed by atoms with van der Waals surface area (Å²) >= 11 is 0. The number of hydrogen-bond donors (Lipinski definition) is 1. The number of carbonyl (C=O) groups excluding carboxylic acids is 1. The van der Waals surface area contributed by atoms with Crippen LogP contribution in [0.3, 0.4) is 0 Å². The predicted molar refractivity (Wildman–Crippen MR) is 108 cm³/mol. The quantitative estimate of drug-likeness (QED) is 0.679. The topological polar surface area (TPSA) is 50.8 Å². The number of hydrogen-bond acceptors (Lipinski definition) is 4. The van der Waals surface area contributed by atoms with E-state index < -0.39 is 30.9 Å². The van der Waals surface area contributed by atoms with E-state index in [1.165, 1.54) is 18.2 Å². The third kappa shape index (κ3) is 4.85. The summed E-state index contributed by atoms with van der Waals surface area (Å²) in [7, 11) is 0. The standard InChI is InChI=1S/C23H22F4N2O3/c24-22(25,26)19-15-32-23(27,31-14-16-7-3-1-4-8-16)21(18-9-5-2-6-10-18)29(19)13-17-11-20(30)28-12-17/h1-11,19,21H,12-15H2,(H,28,30)/t19?,21-,23-/m0/s1. The molecular formula is C23H22F4N2O3. The van der Waals surface area contributed by atoms with Gasteiger partial charge in [0, 0.05) is 19.2 Å². The van der Waals surface area contributed by atoms with Crippen LogP contribution in [0.1, 0.15) is 17.2 Å². The van der Waals surface area contributed by atoms with Gasteiger partial charge in [0.05, 0.1) is 13.2 Å².